The highest BCUT2D eigenvalue weighted by molar-refractivity contribution is 5.94. The highest BCUT2D eigenvalue weighted by Gasteiger charge is 2.34. The van der Waals surface area contributed by atoms with Crippen LogP contribution in [-0.4, -0.2) is 46.9 Å². The van der Waals surface area contributed by atoms with Crippen molar-refractivity contribution in [3.05, 3.63) is 60.0 Å². The number of nitrogens with zero attached hydrogens (tertiary/aromatic N) is 5. The van der Waals surface area contributed by atoms with Gasteiger partial charge in [-0.25, -0.2) is 4.98 Å². The molecule has 0 atom stereocenters. The van der Waals surface area contributed by atoms with E-state index >= 15 is 0 Å². The summed E-state index contributed by atoms with van der Waals surface area (Å²) in [6.45, 7) is 7.05. The molecule has 1 aromatic carbocycles. The van der Waals surface area contributed by atoms with Crippen molar-refractivity contribution < 1.29 is 19.1 Å². The van der Waals surface area contributed by atoms with Gasteiger partial charge in [0.05, 0.1) is 25.5 Å². The summed E-state index contributed by atoms with van der Waals surface area (Å²) < 4.78 is 12.5. The molecule has 2 aliphatic rings. The lowest BCUT2D eigenvalue weighted by Crippen LogP contribution is -2.42. The zero-order chi connectivity index (χ0) is 32.6. The molecule has 9 nitrogen and oxygen atoms in total. The zero-order valence-corrected chi connectivity index (χ0v) is 27.7. The van der Waals surface area contributed by atoms with Gasteiger partial charge in [0.1, 0.15) is 17.6 Å². The molecule has 2 aliphatic carbocycles. The minimum Gasteiger partial charge on any atom is -0.495 e. The molecule has 0 spiro atoms. The molecule has 2 saturated carbocycles. The molecule has 2 aromatic heterocycles. The van der Waals surface area contributed by atoms with E-state index in [1.807, 2.05) is 53.2 Å². The lowest BCUT2D eigenvalue weighted by Gasteiger charge is -2.35. The molecule has 9 heteroatoms. The summed E-state index contributed by atoms with van der Waals surface area (Å²) in [5.41, 5.74) is 3.74. The van der Waals surface area contributed by atoms with Crippen molar-refractivity contribution >= 4 is 17.7 Å². The van der Waals surface area contributed by atoms with E-state index in [-0.39, 0.29) is 29.8 Å². The Morgan fingerprint density at radius 1 is 1.02 bits per heavy atom. The third-order valence-electron chi connectivity index (χ3n) is 9.81. The SMILES string of the molecule is CCOC(=O)CC1CCC(C(=O)N(CC2CCC(c3ccc(OC)c(C#N)c3)CC2)c2cc(-c3cnn(C(C)C)c3)ccn2)CC1. The third-order valence-corrected chi connectivity index (χ3v) is 9.81. The van der Waals surface area contributed by atoms with Crippen LogP contribution in [-0.2, 0) is 14.3 Å². The Bertz CT molecular complexity index is 1530. The molecule has 0 aliphatic heterocycles. The number of carbonyl (C=O) groups excluding carboxylic acids is 2. The highest BCUT2D eigenvalue weighted by Crippen LogP contribution is 2.39. The van der Waals surface area contributed by atoms with Crippen molar-refractivity contribution in [1.29, 1.82) is 5.26 Å². The average molecular weight is 626 g/mol. The number of rotatable bonds is 11. The molecule has 5 rings (SSSR count). The van der Waals surface area contributed by atoms with Crippen LogP contribution < -0.4 is 9.64 Å². The van der Waals surface area contributed by atoms with Gasteiger partial charge in [0.25, 0.3) is 0 Å². The van der Waals surface area contributed by atoms with Crippen LogP contribution in [0.1, 0.15) is 102 Å². The quantitative estimate of drug-likeness (QED) is 0.203. The number of methoxy groups -OCH3 is 1. The first-order valence-electron chi connectivity index (χ1n) is 16.8. The number of amides is 1. The predicted molar refractivity (Wildman–Crippen MR) is 177 cm³/mol. The van der Waals surface area contributed by atoms with Crippen LogP contribution in [0.2, 0.25) is 0 Å². The summed E-state index contributed by atoms with van der Waals surface area (Å²) in [7, 11) is 1.59. The second kappa shape index (κ2) is 15.4. The molecular weight excluding hydrogens is 578 g/mol. The molecular formula is C37H47N5O4. The summed E-state index contributed by atoms with van der Waals surface area (Å²) >= 11 is 0. The van der Waals surface area contributed by atoms with Crippen LogP contribution in [0.3, 0.4) is 0 Å². The summed E-state index contributed by atoms with van der Waals surface area (Å²) in [6, 6.07) is 12.5. The Kier molecular flexibility index (Phi) is 11.1. The van der Waals surface area contributed by atoms with E-state index in [4.69, 9.17) is 14.5 Å². The predicted octanol–water partition coefficient (Wildman–Crippen LogP) is 7.47. The van der Waals surface area contributed by atoms with Crippen LogP contribution in [0.25, 0.3) is 11.1 Å². The zero-order valence-electron chi connectivity index (χ0n) is 27.7. The van der Waals surface area contributed by atoms with Crippen molar-refractivity contribution in [1.82, 2.24) is 14.8 Å². The maximum atomic E-state index is 14.3. The molecule has 0 unspecified atom stereocenters. The summed E-state index contributed by atoms with van der Waals surface area (Å²) in [5, 5.41) is 14.1. The van der Waals surface area contributed by atoms with Crippen LogP contribution >= 0.6 is 0 Å². The van der Waals surface area contributed by atoms with Gasteiger partial charge >= 0.3 is 5.97 Å². The fraction of sp³-hybridized carbons (Fsp3) is 0.541. The second-order valence-electron chi connectivity index (χ2n) is 13.2. The standard InChI is InChI=1S/C37H47N5O4/c1-5-46-36(43)18-26-6-12-29(13-7-26)37(44)41(35-20-31(16-17-39-35)33-22-40-42(24-33)25(2)3)23-27-8-10-28(11-9-27)30-14-15-34(45-4)32(19-30)21-38/h14-17,19-20,22,24-29H,5-13,18,23H2,1-4H3. The van der Waals surface area contributed by atoms with Crippen LogP contribution in [0, 0.1) is 29.1 Å². The average Bonchev–Trinajstić information content (AvgIpc) is 3.59. The van der Waals surface area contributed by atoms with Crippen molar-refractivity contribution in [2.75, 3.05) is 25.2 Å². The van der Waals surface area contributed by atoms with Crippen molar-refractivity contribution in [3.63, 3.8) is 0 Å². The van der Waals surface area contributed by atoms with E-state index in [1.165, 1.54) is 5.56 Å². The van der Waals surface area contributed by atoms with Gasteiger partial charge in [-0.1, -0.05) is 6.07 Å². The molecule has 46 heavy (non-hydrogen) atoms. The van der Waals surface area contributed by atoms with Gasteiger partial charge < -0.3 is 9.47 Å². The Morgan fingerprint density at radius 3 is 2.41 bits per heavy atom. The van der Waals surface area contributed by atoms with Gasteiger partial charge in [0.2, 0.25) is 5.91 Å². The van der Waals surface area contributed by atoms with E-state index in [9.17, 15) is 14.9 Å². The maximum absolute atomic E-state index is 14.3. The third kappa shape index (κ3) is 7.96. The Morgan fingerprint density at radius 2 is 1.76 bits per heavy atom. The normalized spacial score (nSPS) is 21.4. The van der Waals surface area contributed by atoms with Gasteiger partial charge in [0.15, 0.2) is 0 Å². The Balaban J connectivity index is 1.32. The minimum atomic E-state index is -0.144. The van der Waals surface area contributed by atoms with Crippen LogP contribution in [0.15, 0.2) is 48.9 Å². The molecule has 2 heterocycles. The molecule has 3 aromatic rings. The molecule has 0 saturated heterocycles. The lowest BCUT2D eigenvalue weighted by molar-refractivity contribution is -0.144. The topological polar surface area (TPSA) is 110 Å². The molecule has 0 bridgehead atoms. The van der Waals surface area contributed by atoms with E-state index in [0.29, 0.717) is 48.5 Å². The number of esters is 1. The van der Waals surface area contributed by atoms with Gasteiger partial charge in [-0.3, -0.25) is 19.2 Å². The summed E-state index contributed by atoms with van der Waals surface area (Å²) in [5.74, 6) is 2.19. The Hall–Kier alpha value is -4.19. The summed E-state index contributed by atoms with van der Waals surface area (Å²) in [4.78, 5) is 33.0. The fourth-order valence-electron chi connectivity index (χ4n) is 7.10. The van der Waals surface area contributed by atoms with Crippen LogP contribution in [0.5, 0.6) is 5.75 Å². The minimum absolute atomic E-state index is 0.0902. The van der Waals surface area contributed by atoms with E-state index in [0.717, 1.165) is 62.5 Å². The molecule has 0 radical (unpaired) electrons. The van der Waals surface area contributed by atoms with Gasteiger partial charge in [0, 0.05) is 42.9 Å². The fourth-order valence-corrected chi connectivity index (χ4v) is 7.10. The first-order chi connectivity index (χ1) is 22.3. The smallest absolute Gasteiger partial charge is 0.306 e. The first kappa shape index (κ1) is 33.2. The number of ether oxygens (including phenoxy) is 2. The van der Waals surface area contributed by atoms with E-state index in [2.05, 4.69) is 31.1 Å². The number of carbonyl (C=O) groups is 2. The number of nitriles is 1. The van der Waals surface area contributed by atoms with Crippen molar-refractivity contribution in [3.8, 4) is 22.9 Å². The highest BCUT2D eigenvalue weighted by atomic mass is 16.5. The number of benzene rings is 1. The second-order valence-corrected chi connectivity index (χ2v) is 13.2. The van der Waals surface area contributed by atoms with Crippen molar-refractivity contribution in [2.45, 2.75) is 90.5 Å². The first-order valence-corrected chi connectivity index (χ1v) is 16.8. The van der Waals surface area contributed by atoms with Gasteiger partial charge in [-0.15, -0.1) is 0 Å². The lowest BCUT2D eigenvalue weighted by atomic mass is 9.77. The largest absolute Gasteiger partial charge is 0.495 e. The molecule has 244 valence electrons. The number of pyridine rings is 1. The Labute approximate surface area is 272 Å². The van der Waals surface area contributed by atoms with E-state index in [1.54, 1.807) is 13.3 Å². The van der Waals surface area contributed by atoms with Crippen LogP contribution in [0.4, 0.5) is 5.82 Å². The molecule has 2 fully saturated rings. The molecule has 1 amide bonds. The number of hydrogen-bond donors (Lipinski definition) is 0. The number of anilines is 1. The monoisotopic (exact) mass is 625 g/mol. The van der Waals surface area contributed by atoms with Crippen molar-refractivity contribution in [2.24, 2.45) is 17.8 Å². The maximum Gasteiger partial charge on any atom is 0.306 e. The summed E-state index contributed by atoms with van der Waals surface area (Å²) in [6.07, 6.45) is 13.4. The van der Waals surface area contributed by atoms with Gasteiger partial charge in [-0.2, -0.15) is 10.4 Å². The number of hydrogen-bond acceptors (Lipinski definition) is 7. The number of aromatic nitrogens is 3. The van der Waals surface area contributed by atoms with Gasteiger partial charge in [-0.05, 0) is 125 Å². The molecule has 0 N–H and O–H groups in total. The van der Waals surface area contributed by atoms with E-state index < -0.39 is 0 Å².